The summed E-state index contributed by atoms with van der Waals surface area (Å²) in [5, 5.41) is 6.18. The summed E-state index contributed by atoms with van der Waals surface area (Å²) in [6, 6.07) is 12.2. The number of rotatable bonds is 3. The molecule has 6 heteroatoms. The zero-order valence-corrected chi connectivity index (χ0v) is 13.2. The van der Waals surface area contributed by atoms with E-state index in [0.717, 1.165) is 5.56 Å². The third-order valence-electron chi connectivity index (χ3n) is 3.47. The Kier molecular flexibility index (Phi) is 4.21. The fourth-order valence-electron chi connectivity index (χ4n) is 2.29. The summed E-state index contributed by atoms with van der Waals surface area (Å²) in [6.45, 7) is 1.69. The Morgan fingerprint density at radius 2 is 2.00 bits per heavy atom. The molecule has 0 saturated carbocycles. The van der Waals surface area contributed by atoms with E-state index in [2.05, 4.69) is 10.6 Å². The number of anilines is 2. The van der Waals surface area contributed by atoms with Crippen molar-refractivity contribution >= 4 is 34.8 Å². The predicted octanol–water partition coefficient (Wildman–Crippen LogP) is 3.24. The molecule has 2 amide bonds. The van der Waals surface area contributed by atoms with E-state index in [1.807, 2.05) is 6.07 Å². The van der Waals surface area contributed by atoms with Gasteiger partial charge in [0.1, 0.15) is 5.75 Å². The van der Waals surface area contributed by atoms with Gasteiger partial charge in [-0.3, -0.25) is 9.59 Å². The quantitative estimate of drug-likeness (QED) is 0.907. The first-order valence-corrected chi connectivity index (χ1v) is 7.55. The van der Waals surface area contributed by atoms with E-state index in [4.69, 9.17) is 16.3 Å². The molecule has 2 N–H and O–H groups in total. The molecule has 3 rings (SSSR count). The fourth-order valence-corrected chi connectivity index (χ4v) is 2.42. The Hall–Kier alpha value is -2.53. The standard InChI is InChI=1S/C17H15ClN2O3/c1-10-17(22)20-14-8-11(2-7-15(14)23-10)9-16(21)19-13-5-3-12(18)4-6-13/h2-8,10H,9H2,1H3,(H,19,21)(H,20,22). The minimum atomic E-state index is -0.512. The smallest absolute Gasteiger partial charge is 0.265 e. The molecular formula is C17H15ClN2O3. The molecule has 0 fully saturated rings. The van der Waals surface area contributed by atoms with Crippen molar-refractivity contribution in [2.45, 2.75) is 19.4 Å². The molecule has 2 aromatic rings. The molecule has 23 heavy (non-hydrogen) atoms. The molecule has 1 heterocycles. The van der Waals surface area contributed by atoms with E-state index in [9.17, 15) is 9.59 Å². The number of carbonyl (C=O) groups excluding carboxylic acids is 2. The number of halogens is 1. The Morgan fingerprint density at radius 1 is 1.26 bits per heavy atom. The Bertz CT molecular complexity index is 759. The molecule has 1 atom stereocenters. The van der Waals surface area contributed by atoms with Gasteiger partial charge in [0.15, 0.2) is 6.10 Å². The highest BCUT2D eigenvalue weighted by Crippen LogP contribution is 2.30. The van der Waals surface area contributed by atoms with Crippen molar-refractivity contribution in [3.8, 4) is 5.75 Å². The summed E-state index contributed by atoms with van der Waals surface area (Å²) >= 11 is 5.81. The van der Waals surface area contributed by atoms with Gasteiger partial charge in [0.05, 0.1) is 12.1 Å². The van der Waals surface area contributed by atoms with E-state index in [1.165, 1.54) is 0 Å². The summed E-state index contributed by atoms with van der Waals surface area (Å²) in [4.78, 5) is 23.7. The maximum absolute atomic E-state index is 12.1. The summed E-state index contributed by atoms with van der Waals surface area (Å²) in [7, 11) is 0. The van der Waals surface area contributed by atoms with Crippen LogP contribution in [0.2, 0.25) is 5.02 Å². The molecule has 1 unspecified atom stereocenters. The van der Waals surface area contributed by atoms with E-state index in [-0.39, 0.29) is 18.2 Å². The van der Waals surface area contributed by atoms with Crippen LogP contribution in [-0.2, 0) is 16.0 Å². The lowest BCUT2D eigenvalue weighted by atomic mass is 10.1. The van der Waals surface area contributed by atoms with Crippen molar-refractivity contribution in [2.24, 2.45) is 0 Å². The first-order chi connectivity index (χ1) is 11.0. The van der Waals surface area contributed by atoms with Gasteiger partial charge in [0.2, 0.25) is 5.91 Å². The van der Waals surface area contributed by atoms with Crippen LogP contribution in [0.5, 0.6) is 5.75 Å². The Morgan fingerprint density at radius 3 is 2.74 bits per heavy atom. The first-order valence-electron chi connectivity index (χ1n) is 7.17. The molecule has 0 bridgehead atoms. The number of benzene rings is 2. The predicted molar refractivity (Wildman–Crippen MR) is 88.9 cm³/mol. The molecule has 0 radical (unpaired) electrons. The van der Waals surface area contributed by atoms with Crippen molar-refractivity contribution in [3.05, 3.63) is 53.1 Å². The summed E-state index contributed by atoms with van der Waals surface area (Å²) in [5.74, 6) is 0.267. The van der Waals surface area contributed by atoms with Gasteiger partial charge in [0, 0.05) is 10.7 Å². The third-order valence-corrected chi connectivity index (χ3v) is 3.72. The minimum absolute atomic E-state index is 0.149. The second-order valence-electron chi connectivity index (χ2n) is 5.31. The molecule has 1 aliphatic heterocycles. The summed E-state index contributed by atoms with van der Waals surface area (Å²) in [6.07, 6.45) is -0.317. The lowest BCUT2D eigenvalue weighted by Gasteiger charge is -2.23. The van der Waals surface area contributed by atoms with Crippen molar-refractivity contribution in [3.63, 3.8) is 0 Å². The highest BCUT2D eigenvalue weighted by Gasteiger charge is 2.23. The average Bonchev–Trinajstić information content (AvgIpc) is 2.51. The van der Waals surface area contributed by atoms with E-state index < -0.39 is 6.10 Å². The molecule has 0 spiro atoms. The van der Waals surface area contributed by atoms with Gasteiger partial charge in [0.25, 0.3) is 5.91 Å². The Balaban J connectivity index is 1.68. The number of nitrogens with one attached hydrogen (secondary N) is 2. The highest BCUT2D eigenvalue weighted by atomic mass is 35.5. The topological polar surface area (TPSA) is 67.4 Å². The number of hydrogen-bond acceptors (Lipinski definition) is 3. The maximum Gasteiger partial charge on any atom is 0.265 e. The van der Waals surface area contributed by atoms with Gasteiger partial charge in [-0.15, -0.1) is 0 Å². The molecule has 118 valence electrons. The zero-order valence-electron chi connectivity index (χ0n) is 12.4. The van der Waals surface area contributed by atoms with Crippen LogP contribution in [0.25, 0.3) is 0 Å². The maximum atomic E-state index is 12.1. The van der Waals surface area contributed by atoms with E-state index in [1.54, 1.807) is 43.3 Å². The number of fused-ring (bicyclic) bond motifs is 1. The Labute approximate surface area is 138 Å². The van der Waals surface area contributed by atoms with Crippen molar-refractivity contribution in [2.75, 3.05) is 10.6 Å². The van der Waals surface area contributed by atoms with Crippen LogP contribution in [0.4, 0.5) is 11.4 Å². The molecular weight excluding hydrogens is 316 g/mol. The fraction of sp³-hybridized carbons (Fsp3) is 0.176. The van der Waals surface area contributed by atoms with Gasteiger partial charge in [-0.05, 0) is 48.9 Å². The van der Waals surface area contributed by atoms with Crippen LogP contribution in [0.3, 0.4) is 0 Å². The van der Waals surface area contributed by atoms with Crippen LogP contribution >= 0.6 is 11.6 Å². The summed E-state index contributed by atoms with van der Waals surface area (Å²) < 4.78 is 5.49. The average molecular weight is 331 g/mol. The number of hydrogen-bond donors (Lipinski definition) is 2. The van der Waals surface area contributed by atoms with Crippen LogP contribution < -0.4 is 15.4 Å². The molecule has 0 aromatic heterocycles. The van der Waals surface area contributed by atoms with Crippen molar-refractivity contribution in [1.82, 2.24) is 0 Å². The third kappa shape index (κ3) is 3.63. The highest BCUT2D eigenvalue weighted by molar-refractivity contribution is 6.30. The largest absolute Gasteiger partial charge is 0.479 e. The van der Waals surface area contributed by atoms with E-state index in [0.29, 0.717) is 22.1 Å². The van der Waals surface area contributed by atoms with Gasteiger partial charge in [-0.2, -0.15) is 0 Å². The zero-order chi connectivity index (χ0) is 16.4. The SMILES string of the molecule is CC1Oc2ccc(CC(=O)Nc3ccc(Cl)cc3)cc2NC1=O. The molecule has 0 saturated heterocycles. The second-order valence-corrected chi connectivity index (χ2v) is 5.75. The van der Waals surface area contributed by atoms with Gasteiger partial charge < -0.3 is 15.4 Å². The number of amides is 2. The lowest BCUT2D eigenvalue weighted by Crippen LogP contribution is -2.34. The summed E-state index contributed by atoms with van der Waals surface area (Å²) in [5.41, 5.74) is 2.06. The molecule has 5 nitrogen and oxygen atoms in total. The minimum Gasteiger partial charge on any atom is -0.479 e. The molecule has 0 aliphatic carbocycles. The van der Waals surface area contributed by atoms with Crippen molar-refractivity contribution in [1.29, 1.82) is 0 Å². The number of carbonyl (C=O) groups is 2. The normalized spacial score (nSPS) is 16.1. The van der Waals surface area contributed by atoms with Crippen LogP contribution in [0.15, 0.2) is 42.5 Å². The first kappa shape index (κ1) is 15.4. The molecule has 1 aliphatic rings. The molecule has 2 aromatic carbocycles. The van der Waals surface area contributed by atoms with Crippen LogP contribution in [-0.4, -0.2) is 17.9 Å². The van der Waals surface area contributed by atoms with Gasteiger partial charge in [-0.1, -0.05) is 17.7 Å². The second kappa shape index (κ2) is 6.30. The monoisotopic (exact) mass is 330 g/mol. The van der Waals surface area contributed by atoms with Gasteiger partial charge in [-0.25, -0.2) is 0 Å². The van der Waals surface area contributed by atoms with Gasteiger partial charge >= 0.3 is 0 Å². The lowest BCUT2D eigenvalue weighted by molar-refractivity contribution is -0.122. The van der Waals surface area contributed by atoms with Crippen molar-refractivity contribution < 1.29 is 14.3 Å². The number of ether oxygens (including phenoxy) is 1. The van der Waals surface area contributed by atoms with Crippen LogP contribution in [0.1, 0.15) is 12.5 Å². The van der Waals surface area contributed by atoms with E-state index >= 15 is 0 Å². The van der Waals surface area contributed by atoms with Crippen LogP contribution in [0, 0.1) is 0 Å².